The maximum atomic E-state index is 2.77. The zero-order valence-corrected chi connectivity index (χ0v) is 26.1. The first-order valence-corrected chi connectivity index (χ1v) is 17.7. The maximum Gasteiger partial charge on any atom is -0.00161 e. The quantitative estimate of drug-likeness (QED) is 0.0736. The van der Waals surface area contributed by atoms with Gasteiger partial charge in [0.1, 0.15) is 0 Å². The fourth-order valence-electron chi connectivity index (χ4n) is 6.18. The van der Waals surface area contributed by atoms with E-state index in [1.165, 1.54) is 199 Å². The minimum Gasteiger partial charge on any atom is -0.303 e. The fraction of sp³-hybridized carbons (Fsp3) is 0.944. The first kappa shape index (κ1) is 34.7. The highest BCUT2D eigenvalue weighted by Gasteiger charge is 2.18. The minimum atomic E-state index is 1.04. The van der Waals surface area contributed by atoms with Crippen molar-refractivity contribution in [1.29, 1.82) is 0 Å². The SMILES string of the molecule is CCCCCCCC/C=C\CCCCCCCCN1CCC(CCCCCCCCCCCCC)CC1. The van der Waals surface area contributed by atoms with Gasteiger partial charge in [-0.3, -0.25) is 0 Å². The van der Waals surface area contributed by atoms with Crippen LogP contribution in [0.4, 0.5) is 0 Å². The molecule has 0 aromatic rings. The Kier molecular flexibility index (Phi) is 26.9. The van der Waals surface area contributed by atoms with E-state index in [4.69, 9.17) is 0 Å². The third kappa shape index (κ3) is 24.5. The van der Waals surface area contributed by atoms with E-state index in [1.807, 2.05) is 0 Å². The largest absolute Gasteiger partial charge is 0.303 e. The van der Waals surface area contributed by atoms with Crippen LogP contribution in [0, 0.1) is 5.92 Å². The summed E-state index contributed by atoms with van der Waals surface area (Å²) >= 11 is 0. The van der Waals surface area contributed by atoms with Gasteiger partial charge in [0, 0.05) is 0 Å². The first-order chi connectivity index (χ1) is 18.4. The molecule has 0 radical (unpaired) electrons. The average molecular weight is 518 g/mol. The van der Waals surface area contributed by atoms with Gasteiger partial charge in [0.15, 0.2) is 0 Å². The second-order valence-electron chi connectivity index (χ2n) is 12.5. The van der Waals surface area contributed by atoms with Gasteiger partial charge in [-0.05, 0) is 70.5 Å². The van der Waals surface area contributed by atoms with Crippen molar-refractivity contribution in [1.82, 2.24) is 4.90 Å². The molecule has 1 rings (SSSR count). The molecule has 0 N–H and O–H groups in total. The lowest BCUT2D eigenvalue weighted by Crippen LogP contribution is -2.34. The molecule has 1 heteroatoms. The van der Waals surface area contributed by atoms with Crippen molar-refractivity contribution in [2.24, 2.45) is 5.92 Å². The minimum absolute atomic E-state index is 1.04. The summed E-state index contributed by atoms with van der Waals surface area (Å²) in [5.74, 6) is 1.04. The molecule has 0 saturated carbocycles. The molecule has 0 aliphatic carbocycles. The van der Waals surface area contributed by atoms with Gasteiger partial charge in [0.2, 0.25) is 0 Å². The summed E-state index contributed by atoms with van der Waals surface area (Å²) in [5.41, 5.74) is 0. The lowest BCUT2D eigenvalue weighted by atomic mass is 9.91. The molecule has 1 heterocycles. The summed E-state index contributed by atoms with van der Waals surface area (Å²) in [5, 5.41) is 0. The smallest absolute Gasteiger partial charge is 0.00161 e. The van der Waals surface area contributed by atoms with E-state index < -0.39 is 0 Å². The molecule has 1 aliphatic rings. The van der Waals surface area contributed by atoms with Gasteiger partial charge in [-0.1, -0.05) is 161 Å². The molecule has 0 spiro atoms. The van der Waals surface area contributed by atoms with Crippen LogP contribution in [0.1, 0.15) is 194 Å². The van der Waals surface area contributed by atoms with E-state index in [2.05, 4.69) is 30.9 Å². The number of unbranched alkanes of at least 4 members (excludes halogenated alkanes) is 22. The van der Waals surface area contributed by atoms with Crippen LogP contribution in [0.3, 0.4) is 0 Å². The second-order valence-corrected chi connectivity index (χ2v) is 12.5. The summed E-state index contributed by atoms with van der Waals surface area (Å²) in [4.78, 5) is 2.77. The van der Waals surface area contributed by atoms with Crippen LogP contribution in [0.15, 0.2) is 12.2 Å². The standard InChI is InChI=1S/C36H71N/c1-3-5-7-9-11-13-15-16-17-18-19-21-23-25-27-29-33-37-34-31-36(32-35-37)30-28-26-24-22-20-14-12-10-8-6-4-2/h16-17,36H,3-15,18-35H2,1-2H3/b17-16-. The Bertz CT molecular complexity index is 448. The Hall–Kier alpha value is -0.300. The van der Waals surface area contributed by atoms with Crippen molar-refractivity contribution in [3.63, 3.8) is 0 Å². The van der Waals surface area contributed by atoms with Gasteiger partial charge < -0.3 is 4.90 Å². The summed E-state index contributed by atoms with van der Waals surface area (Å²) in [6.07, 6.45) is 45.3. The molecule has 1 nitrogen and oxygen atoms in total. The van der Waals surface area contributed by atoms with Gasteiger partial charge in [0.05, 0.1) is 0 Å². The molecule has 1 fully saturated rings. The van der Waals surface area contributed by atoms with Gasteiger partial charge in [-0.15, -0.1) is 0 Å². The molecule has 0 bridgehead atoms. The number of nitrogens with zero attached hydrogens (tertiary/aromatic N) is 1. The Labute approximate surface area is 236 Å². The van der Waals surface area contributed by atoms with Gasteiger partial charge in [-0.25, -0.2) is 0 Å². The predicted octanol–water partition coefficient (Wildman–Crippen LogP) is 12.4. The summed E-state index contributed by atoms with van der Waals surface area (Å²) in [6.45, 7) is 8.74. The predicted molar refractivity (Wildman–Crippen MR) is 170 cm³/mol. The van der Waals surface area contributed by atoms with Crippen molar-refractivity contribution < 1.29 is 0 Å². The number of hydrogen-bond acceptors (Lipinski definition) is 1. The zero-order chi connectivity index (χ0) is 26.5. The fourth-order valence-corrected chi connectivity index (χ4v) is 6.18. The van der Waals surface area contributed by atoms with Crippen LogP contribution >= 0.6 is 0 Å². The van der Waals surface area contributed by atoms with Crippen LogP contribution < -0.4 is 0 Å². The molecule has 0 atom stereocenters. The van der Waals surface area contributed by atoms with Crippen molar-refractivity contribution >= 4 is 0 Å². The highest BCUT2D eigenvalue weighted by Crippen LogP contribution is 2.24. The highest BCUT2D eigenvalue weighted by atomic mass is 15.1. The molecule has 0 unspecified atom stereocenters. The molecular weight excluding hydrogens is 446 g/mol. The number of allylic oxidation sites excluding steroid dienone is 2. The van der Waals surface area contributed by atoms with Crippen LogP contribution in [0.25, 0.3) is 0 Å². The molecule has 0 aromatic heterocycles. The number of hydrogen-bond donors (Lipinski definition) is 0. The average Bonchev–Trinajstić information content (AvgIpc) is 2.92. The number of likely N-dealkylation sites (tertiary alicyclic amines) is 1. The lowest BCUT2D eigenvalue weighted by molar-refractivity contribution is 0.174. The lowest BCUT2D eigenvalue weighted by Gasteiger charge is -2.32. The molecule has 1 aliphatic heterocycles. The van der Waals surface area contributed by atoms with E-state index in [0.717, 1.165) is 5.92 Å². The van der Waals surface area contributed by atoms with Crippen molar-refractivity contribution in [2.75, 3.05) is 19.6 Å². The maximum absolute atomic E-state index is 2.77. The Balaban J connectivity index is 1.77. The molecule has 1 saturated heterocycles. The molecular formula is C36H71N. The highest BCUT2D eigenvalue weighted by molar-refractivity contribution is 4.81. The van der Waals surface area contributed by atoms with Crippen LogP contribution in [0.5, 0.6) is 0 Å². The Morgan fingerprint density at radius 3 is 1.30 bits per heavy atom. The third-order valence-corrected chi connectivity index (χ3v) is 8.91. The van der Waals surface area contributed by atoms with Crippen molar-refractivity contribution in [3.8, 4) is 0 Å². The Morgan fingerprint density at radius 1 is 0.459 bits per heavy atom. The Morgan fingerprint density at radius 2 is 0.838 bits per heavy atom. The van der Waals surface area contributed by atoms with Crippen molar-refractivity contribution in [2.45, 2.75) is 194 Å². The van der Waals surface area contributed by atoms with E-state index >= 15 is 0 Å². The van der Waals surface area contributed by atoms with E-state index in [9.17, 15) is 0 Å². The van der Waals surface area contributed by atoms with Gasteiger partial charge >= 0.3 is 0 Å². The summed E-state index contributed by atoms with van der Waals surface area (Å²) in [7, 11) is 0. The van der Waals surface area contributed by atoms with Gasteiger partial charge in [-0.2, -0.15) is 0 Å². The third-order valence-electron chi connectivity index (χ3n) is 8.91. The normalized spacial score (nSPS) is 15.3. The summed E-state index contributed by atoms with van der Waals surface area (Å²) < 4.78 is 0. The van der Waals surface area contributed by atoms with Crippen LogP contribution in [0.2, 0.25) is 0 Å². The van der Waals surface area contributed by atoms with Gasteiger partial charge in [0.25, 0.3) is 0 Å². The topological polar surface area (TPSA) is 3.24 Å². The number of piperidine rings is 1. The zero-order valence-electron chi connectivity index (χ0n) is 26.1. The number of rotatable bonds is 28. The molecule has 37 heavy (non-hydrogen) atoms. The van der Waals surface area contributed by atoms with E-state index in [0.29, 0.717) is 0 Å². The van der Waals surface area contributed by atoms with E-state index in [-0.39, 0.29) is 0 Å². The van der Waals surface area contributed by atoms with Crippen LogP contribution in [-0.2, 0) is 0 Å². The summed E-state index contributed by atoms with van der Waals surface area (Å²) in [6, 6.07) is 0. The van der Waals surface area contributed by atoms with E-state index in [1.54, 1.807) is 0 Å². The molecule has 220 valence electrons. The second kappa shape index (κ2) is 28.7. The van der Waals surface area contributed by atoms with Crippen molar-refractivity contribution in [3.05, 3.63) is 12.2 Å². The molecule has 0 aromatic carbocycles. The first-order valence-electron chi connectivity index (χ1n) is 17.7. The monoisotopic (exact) mass is 518 g/mol. The molecule has 0 amide bonds. The van der Waals surface area contributed by atoms with Crippen LogP contribution in [-0.4, -0.2) is 24.5 Å².